The van der Waals surface area contributed by atoms with Crippen LogP contribution in [0.3, 0.4) is 0 Å². The fourth-order valence-electron chi connectivity index (χ4n) is 3.08. The lowest BCUT2D eigenvalue weighted by atomic mass is 9.96. The van der Waals surface area contributed by atoms with Gasteiger partial charge < -0.3 is 4.42 Å². The number of thiophene rings is 1. The van der Waals surface area contributed by atoms with Crippen molar-refractivity contribution < 1.29 is 4.42 Å². The zero-order valence-corrected chi connectivity index (χ0v) is 13.7. The number of hydrogen-bond donors (Lipinski definition) is 0. The molecule has 0 saturated carbocycles. The second-order valence-corrected chi connectivity index (χ2v) is 6.77. The molecule has 1 aliphatic heterocycles. The molecule has 23 heavy (non-hydrogen) atoms. The highest BCUT2D eigenvalue weighted by atomic mass is 32.1. The smallest absolute Gasteiger partial charge is 0.248 e. The maximum atomic E-state index is 5.89. The molecule has 0 radical (unpaired) electrons. The van der Waals surface area contributed by atoms with Gasteiger partial charge in [0.25, 0.3) is 0 Å². The van der Waals surface area contributed by atoms with Crippen molar-refractivity contribution in [3.05, 3.63) is 58.6 Å². The molecule has 0 bridgehead atoms. The minimum atomic E-state index is 0.391. The van der Waals surface area contributed by atoms with Gasteiger partial charge >= 0.3 is 0 Å². The summed E-state index contributed by atoms with van der Waals surface area (Å²) in [5, 5.41) is 12.5. The lowest BCUT2D eigenvalue weighted by molar-refractivity contribution is 0.193. The van der Waals surface area contributed by atoms with Gasteiger partial charge in [-0.1, -0.05) is 30.3 Å². The van der Waals surface area contributed by atoms with Crippen molar-refractivity contribution in [1.82, 2.24) is 15.1 Å². The molecule has 0 N–H and O–H groups in total. The summed E-state index contributed by atoms with van der Waals surface area (Å²) < 4.78 is 5.89. The summed E-state index contributed by atoms with van der Waals surface area (Å²) in [5.74, 6) is 1.83. The Kier molecular flexibility index (Phi) is 4.22. The van der Waals surface area contributed by atoms with E-state index in [1.807, 2.05) is 16.8 Å². The fraction of sp³-hybridized carbons (Fsp3) is 0.333. The number of piperidine rings is 1. The molecule has 5 heteroatoms. The zero-order chi connectivity index (χ0) is 15.5. The van der Waals surface area contributed by atoms with E-state index in [-0.39, 0.29) is 0 Å². The number of aromatic nitrogens is 2. The number of rotatable bonds is 4. The highest BCUT2D eigenvalue weighted by molar-refractivity contribution is 7.08. The first-order valence-electron chi connectivity index (χ1n) is 8.01. The molecular formula is C18H19N3OS. The third kappa shape index (κ3) is 3.35. The van der Waals surface area contributed by atoms with Crippen LogP contribution in [0.5, 0.6) is 0 Å². The topological polar surface area (TPSA) is 42.2 Å². The summed E-state index contributed by atoms with van der Waals surface area (Å²) in [6.45, 7) is 3.18. The zero-order valence-electron chi connectivity index (χ0n) is 12.9. The third-order valence-electron chi connectivity index (χ3n) is 4.39. The molecule has 0 amide bonds. The van der Waals surface area contributed by atoms with Gasteiger partial charge in [0.15, 0.2) is 0 Å². The monoisotopic (exact) mass is 325 g/mol. The van der Waals surface area contributed by atoms with Gasteiger partial charge in [0.1, 0.15) is 0 Å². The summed E-state index contributed by atoms with van der Waals surface area (Å²) in [6, 6.07) is 12.7. The highest BCUT2D eigenvalue weighted by Crippen LogP contribution is 2.30. The third-order valence-corrected chi connectivity index (χ3v) is 5.08. The average molecular weight is 325 g/mol. The van der Waals surface area contributed by atoms with Gasteiger partial charge in [-0.3, -0.25) is 4.90 Å². The molecule has 1 aromatic carbocycles. The van der Waals surface area contributed by atoms with E-state index in [9.17, 15) is 0 Å². The van der Waals surface area contributed by atoms with Crippen LogP contribution in [0.15, 0.2) is 51.6 Å². The molecule has 3 aromatic rings. The fourth-order valence-corrected chi connectivity index (χ4v) is 3.71. The Morgan fingerprint density at radius 1 is 1.09 bits per heavy atom. The molecular weight excluding hydrogens is 306 g/mol. The van der Waals surface area contributed by atoms with Gasteiger partial charge in [0.2, 0.25) is 11.8 Å². The van der Waals surface area contributed by atoms with Crippen molar-refractivity contribution in [2.75, 3.05) is 13.1 Å². The van der Waals surface area contributed by atoms with Gasteiger partial charge in [0.05, 0.1) is 0 Å². The predicted octanol–water partition coefficient (Wildman–Crippen LogP) is 4.18. The van der Waals surface area contributed by atoms with Gasteiger partial charge in [-0.15, -0.1) is 10.2 Å². The maximum absolute atomic E-state index is 5.89. The number of benzene rings is 1. The van der Waals surface area contributed by atoms with E-state index in [4.69, 9.17) is 4.42 Å². The van der Waals surface area contributed by atoms with Crippen molar-refractivity contribution in [2.45, 2.75) is 25.3 Å². The van der Waals surface area contributed by atoms with Crippen LogP contribution in [0, 0.1) is 0 Å². The SMILES string of the molecule is c1ccc(CN2CCC(c3nnc(-c4ccsc4)o3)CC2)cc1. The lowest BCUT2D eigenvalue weighted by Crippen LogP contribution is -2.32. The first kappa shape index (κ1) is 14.6. The molecule has 1 fully saturated rings. The molecule has 1 saturated heterocycles. The van der Waals surface area contributed by atoms with Crippen molar-refractivity contribution in [3.63, 3.8) is 0 Å². The number of likely N-dealkylation sites (tertiary alicyclic amines) is 1. The van der Waals surface area contributed by atoms with Crippen molar-refractivity contribution in [3.8, 4) is 11.5 Å². The van der Waals surface area contributed by atoms with Crippen LogP contribution in [-0.4, -0.2) is 28.2 Å². The molecule has 4 rings (SSSR count). The minimum Gasteiger partial charge on any atom is -0.420 e. The average Bonchev–Trinajstić information content (AvgIpc) is 3.28. The first-order chi connectivity index (χ1) is 11.4. The van der Waals surface area contributed by atoms with E-state index in [1.54, 1.807) is 11.3 Å². The lowest BCUT2D eigenvalue weighted by Gasteiger charge is -2.30. The Labute approximate surface area is 139 Å². The predicted molar refractivity (Wildman–Crippen MR) is 91.3 cm³/mol. The summed E-state index contributed by atoms with van der Waals surface area (Å²) in [7, 11) is 0. The van der Waals surface area contributed by atoms with Crippen LogP contribution in [0.25, 0.3) is 11.5 Å². The molecule has 0 unspecified atom stereocenters. The van der Waals surface area contributed by atoms with Crippen LogP contribution >= 0.6 is 11.3 Å². The largest absolute Gasteiger partial charge is 0.420 e. The van der Waals surface area contributed by atoms with Gasteiger partial charge in [-0.25, -0.2) is 0 Å². The van der Waals surface area contributed by atoms with Gasteiger partial charge in [-0.2, -0.15) is 11.3 Å². The Bertz CT molecular complexity index is 731. The standard InChI is InChI=1S/C18H19N3OS/c1-2-4-14(5-3-1)12-21-9-6-15(7-10-21)17-19-20-18(22-17)16-8-11-23-13-16/h1-5,8,11,13,15H,6-7,9-10,12H2. The van der Waals surface area contributed by atoms with E-state index in [0.29, 0.717) is 11.8 Å². The van der Waals surface area contributed by atoms with Crippen molar-refractivity contribution >= 4 is 11.3 Å². The molecule has 4 nitrogen and oxygen atoms in total. The number of nitrogens with zero attached hydrogens (tertiary/aromatic N) is 3. The van der Waals surface area contributed by atoms with Crippen LogP contribution in [0.4, 0.5) is 0 Å². The Hall–Kier alpha value is -1.98. The maximum Gasteiger partial charge on any atom is 0.248 e. The van der Waals surface area contributed by atoms with Crippen molar-refractivity contribution in [2.24, 2.45) is 0 Å². The van der Waals surface area contributed by atoms with E-state index in [0.717, 1.165) is 43.9 Å². The van der Waals surface area contributed by atoms with Crippen LogP contribution < -0.4 is 0 Å². The Morgan fingerprint density at radius 3 is 2.65 bits per heavy atom. The van der Waals surface area contributed by atoms with E-state index in [2.05, 4.69) is 45.4 Å². The van der Waals surface area contributed by atoms with Gasteiger partial charge in [-0.05, 0) is 42.9 Å². The summed E-state index contributed by atoms with van der Waals surface area (Å²) in [4.78, 5) is 2.50. The van der Waals surface area contributed by atoms with E-state index >= 15 is 0 Å². The Morgan fingerprint density at radius 2 is 1.91 bits per heavy atom. The molecule has 3 heterocycles. The molecule has 1 aliphatic rings. The summed E-state index contributed by atoms with van der Waals surface area (Å²) >= 11 is 1.65. The first-order valence-corrected chi connectivity index (χ1v) is 8.95. The molecule has 0 spiro atoms. The summed E-state index contributed by atoms with van der Waals surface area (Å²) in [5.41, 5.74) is 2.40. The molecule has 0 atom stereocenters. The molecule has 2 aromatic heterocycles. The second kappa shape index (κ2) is 6.64. The Balaban J connectivity index is 1.36. The van der Waals surface area contributed by atoms with E-state index in [1.165, 1.54) is 5.56 Å². The molecule has 0 aliphatic carbocycles. The highest BCUT2D eigenvalue weighted by Gasteiger charge is 2.25. The second-order valence-electron chi connectivity index (χ2n) is 5.99. The molecule has 118 valence electrons. The van der Waals surface area contributed by atoms with Crippen LogP contribution in [0.2, 0.25) is 0 Å². The van der Waals surface area contributed by atoms with Crippen LogP contribution in [0.1, 0.15) is 30.2 Å². The quantitative estimate of drug-likeness (QED) is 0.722. The minimum absolute atomic E-state index is 0.391. The summed E-state index contributed by atoms with van der Waals surface area (Å²) in [6.07, 6.45) is 2.16. The van der Waals surface area contributed by atoms with E-state index < -0.39 is 0 Å². The normalized spacial score (nSPS) is 16.7. The number of hydrogen-bond acceptors (Lipinski definition) is 5. The van der Waals surface area contributed by atoms with Gasteiger partial charge in [0, 0.05) is 23.4 Å². The van der Waals surface area contributed by atoms with Crippen molar-refractivity contribution in [1.29, 1.82) is 0 Å². The van der Waals surface area contributed by atoms with Crippen LogP contribution in [-0.2, 0) is 6.54 Å².